The summed E-state index contributed by atoms with van der Waals surface area (Å²) in [5, 5.41) is 11.3. The molecule has 5 nitrogen and oxygen atoms in total. The number of esters is 1. The molecule has 2 aromatic rings. The maximum absolute atomic E-state index is 13.7. The van der Waals surface area contributed by atoms with E-state index >= 15 is 0 Å². The summed E-state index contributed by atoms with van der Waals surface area (Å²) in [6.45, 7) is 1.33. The fraction of sp³-hybridized carbons (Fsp3) is 0.118. The summed E-state index contributed by atoms with van der Waals surface area (Å²) in [6.07, 6.45) is -1.21. The molecule has 2 rings (SSSR count). The van der Waals surface area contributed by atoms with E-state index in [1.54, 1.807) is 0 Å². The number of hydrogen-bond acceptors (Lipinski definition) is 4. The molecule has 0 aliphatic rings. The van der Waals surface area contributed by atoms with E-state index in [0.717, 1.165) is 6.07 Å². The predicted octanol–water partition coefficient (Wildman–Crippen LogP) is 4.19. The first-order valence-corrected chi connectivity index (χ1v) is 7.74. The summed E-state index contributed by atoms with van der Waals surface area (Å²) in [6, 6.07) is 9.94. The fourth-order valence-corrected chi connectivity index (χ4v) is 2.36. The normalized spacial score (nSPS) is 11.3. The zero-order valence-electron chi connectivity index (χ0n) is 12.8. The molecule has 0 aliphatic heterocycles. The second-order valence-corrected chi connectivity index (χ2v) is 5.75. The van der Waals surface area contributed by atoms with Crippen LogP contribution in [0, 0.1) is 17.1 Å². The van der Waals surface area contributed by atoms with E-state index in [1.807, 2.05) is 6.07 Å². The molecule has 0 radical (unpaired) electrons. The molecule has 0 fully saturated rings. The summed E-state index contributed by atoms with van der Waals surface area (Å²) in [4.78, 5) is 24.1. The minimum absolute atomic E-state index is 0.114. The number of carbonyl (C=O) groups excluding carboxylic acids is 2. The number of carbonyl (C=O) groups is 2. The third-order valence-electron chi connectivity index (χ3n) is 3.18. The summed E-state index contributed by atoms with van der Waals surface area (Å²) >= 11 is 11.7. The van der Waals surface area contributed by atoms with E-state index in [2.05, 4.69) is 5.32 Å². The van der Waals surface area contributed by atoms with Crippen molar-refractivity contribution in [2.45, 2.75) is 13.0 Å². The average Bonchev–Trinajstić information content (AvgIpc) is 2.54. The number of ether oxygens (including phenoxy) is 1. The van der Waals surface area contributed by atoms with E-state index in [0.29, 0.717) is 5.69 Å². The van der Waals surface area contributed by atoms with Crippen LogP contribution in [0.4, 0.5) is 10.1 Å². The highest BCUT2D eigenvalue weighted by Crippen LogP contribution is 2.22. The maximum Gasteiger partial charge on any atom is 0.343 e. The average molecular weight is 381 g/mol. The second-order valence-electron chi connectivity index (χ2n) is 4.94. The van der Waals surface area contributed by atoms with Gasteiger partial charge in [-0.3, -0.25) is 4.79 Å². The number of amides is 1. The van der Waals surface area contributed by atoms with Crippen LogP contribution in [0.25, 0.3) is 0 Å². The lowest BCUT2D eigenvalue weighted by Crippen LogP contribution is -2.30. The van der Waals surface area contributed by atoms with Crippen LogP contribution in [-0.2, 0) is 9.53 Å². The number of halogens is 3. The molecule has 0 bridgehead atoms. The number of nitrogens with zero attached hydrogens (tertiary/aromatic N) is 1. The van der Waals surface area contributed by atoms with Gasteiger partial charge in [-0.15, -0.1) is 0 Å². The van der Waals surface area contributed by atoms with Gasteiger partial charge < -0.3 is 10.1 Å². The molecule has 0 aromatic heterocycles. The van der Waals surface area contributed by atoms with Crippen molar-refractivity contribution >= 4 is 40.8 Å². The topological polar surface area (TPSA) is 79.2 Å². The highest BCUT2D eigenvalue weighted by Gasteiger charge is 2.23. The predicted molar refractivity (Wildman–Crippen MR) is 91.1 cm³/mol. The van der Waals surface area contributed by atoms with Crippen molar-refractivity contribution in [1.82, 2.24) is 0 Å². The van der Waals surface area contributed by atoms with Gasteiger partial charge in [0.25, 0.3) is 5.91 Å². The molecule has 0 saturated heterocycles. The van der Waals surface area contributed by atoms with Gasteiger partial charge in [0.1, 0.15) is 17.4 Å². The van der Waals surface area contributed by atoms with E-state index < -0.39 is 29.4 Å². The lowest BCUT2D eigenvalue weighted by atomic mass is 10.2. The van der Waals surface area contributed by atoms with Crippen LogP contribution in [0.3, 0.4) is 0 Å². The number of benzene rings is 2. The molecule has 1 atom stereocenters. The Morgan fingerprint density at radius 3 is 2.56 bits per heavy atom. The van der Waals surface area contributed by atoms with Gasteiger partial charge in [-0.05, 0) is 37.3 Å². The van der Waals surface area contributed by atoms with E-state index in [9.17, 15) is 14.0 Å². The molecule has 8 heteroatoms. The zero-order chi connectivity index (χ0) is 18.6. The van der Waals surface area contributed by atoms with Crippen molar-refractivity contribution in [1.29, 1.82) is 5.26 Å². The van der Waals surface area contributed by atoms with Gasteiger partial charge in [0.2, 0.25) is 0 Å². The standard InChI is InChI=1S/C17H11Cl2FN2O3/c1-9(25-17(24)15-12(18)3-2-4-14(15)20)16(23)22-11-6-5-10(8-21)13(19)7-11/h2-7,9H,1H3,(H,22,23). The first-order chi connectivity index (χ1) is 11.8. The molecule has 25 heavy (non-hydrogen) atoms. The third kappa shape index (κ3) is 4.47. The van der Waals surface area contributed by atoms with Crippen molar-refractivity contribution < 1.29 is 18.7 Å². The first-order valence-electron chi connectivity index (χ1n) is 6.99. The van der Waals surface area contributed by atoms with Crippen LogP contribution < -0.4 is 5.32 Å². The number of rotatable bonds is 4. The lowest BCUT2D eigenvalue weighted by molar-refractivity contribution is -0.123. The van der Waals surface area contributed by atoms with E-state index in [1.165, 1.54) is 37.3 Å². The molecular weight excluding hydrogens is 370 g/mol. The Bertz CT molecular complexity index is 860. The minimum Gasteiger partial charge on any atom is -0.449 e. The molecule has 0 spiro atoms. The second kappa shape index (κ2) is 7.97. The molecule has 1 amide bonds. The van der Waals surface area contributed by atoms with Crippen LogP contribution >= 0.6 is 23.2 Å². The zero-order valence-corrected chi connectivity index (χ0v) is 14.4. The highest BCUT2D eigenvalue weighted by atomic mass is 35.5. The summed E-state index contributed by atoms with van der Waals surface area (Å²) in [5.41, 5.74) is 0.138. The Labute approximate surface area is 152 Å². The smallest absolute Gasteiger partial charge is 0.343 e. The van der Waals surface area contributed by atoms with Gasteiger partial charge in [0.15, 0.2) is 6.10 Å². The van der Waals surface area contributed by atoms with Crippen molar-refractivity contribution in [3.63, 3.8) is 0 Å². The third-order valence-corrected chi connectivity index (χ3v) is 3.80. The molecular formula is C17H11Cl2FN2O3. The fourth-order valence-electron chi connectivity index (χ4n) is 1.89. The summed E-state index contributed by atoms with van der Waals surface area (Å²) in [7, 11) is 0. The lowest BCUT2D eigenvalue weighted by Gasteiger charge is -2.14. The molecule has 2 aromatic carbocycles. The van der Waals surface area contributed by atoms with Crippen LogP contribution in [-0.4, -0.2) is 18.0 Å². The van der Waals surface area contributed by atoms with Crippen molar-refractivity contribution in [3.05, 3.63) is 63.4 Å². The number of anilines is 1. The Morgan fingerprint density at radius 2 is 1.96 bits per heavy atom. The van der Waals surface area contributed by atoms with Gasteiger partial charge in [-0.1, -0.05) is 29.3 Å². The minimum atomic E-state index is -1.21. The van der Waals surface area contributed by atoms with Crippen molar-refractivity contribution in [2.24, 2.45) is 0 Å². The quantitative estimate of drug-likeness (QED) is 0.806. The first kappa shape index (κ1) is 18.7. The Kier molecular flexibility index (Phi) is 5.97. The SMILES string of the molecule is CC(OC(=O)c1c(F)cccc1Cl)C(=O)Nc1ccc(C#N)c(Cl)c1. The van der Waals surface area contributed by atoms with Crippen molar-refractivity contribution in [2.75, 3.05) is 5.32 Å². The summed E-state index contributed by atoms with van der Waals surface area (Å²) in [5.74, 6) is -2.55. The van der Waals surface area contributed by atoms with Gasteiger partial charge in [0, 0.05) is 5.69 Å². The van der Waals surface area contributed by atoms with Crippen LogP contribution in [0.5, 0.6) is 0 Å². The number of nitriles is 1. The Balaban J connectivity index is 2.07. The van der Waals surface area contributed by atoms with Gasteiger partial charge >= 0.3 is 5.97 Å². The molecule has 128 valence electrons. The van der Waals surface area contributed by atoms with Crippen LogP contribution in [0.15, 0.2) is 36.4 Å². The highest BCUT2D eigenvalue weighted by molar-refractivity contribution is 6.33. The molecule has 0 saturated carbocycles. The Hall–Kier alpha value is -2.62. The summed E-state index contributed by atoms with van der Waals surface area (Å²) < 4.78 is 18.6. The van der Waals surface area contributed by atoms with Gasteiger partial charge in [0.05, 0.1) is 15.6 Å². The maximum atomic E-state index is 13.7. The number of hydrogen-bond donors (Lipinski definition) is 1. The molecule has 1 unspecified atom stereocenters. The van der Waals surface area contributed by atoms with E-state index in [4.69, 9.17) is 33.2 Å². The van der Waals surface area contributed by atoms with Crippen LogP contribution in [0.1, 0.15) is 22.8 Å². The van der Waals surface area contributed by atoms with Crippen LogP contribution in [0.2, 0.25) is 10.0 Å². The molecule has 1 N–H and O–H groups in total. The monoisotopic (exact) mass is 380 g/mol. The number of nitrogens with one attached hydrogen (secondary N) is 1. The largest absolute Gasteiger partial charge is 0.449 e. The Morgan fingerprint density at radius 1 is 1.24 bits per heavy atom. The molecule has 0 aliphatic carbocycles. The van der Waals surface area contributed by atoms with Crippen molar-refractivity contribution in [3.8, 4) is 6.07 Å². The van der Waals surface area contributed by atoms with Gasteiger partial charge in [-0.25, -0.2) is 9.18 Å². The van der Waals surface area contributed by atoms with Gasteiger partial charge in [-0.2, -0.15) is 5.26 Å². The molecule has 0 heterocycles. The van der Waals surface area contributed by atoms with E-state index in [-0.39, 0.29) is 15.6 Å².